The highest BCUT2D eigenvalue weighted by molar-refractivity contribution is 7.99. The molecule has 0 spiro atoms. The topological polar surface area (TPSA) is 66.5 Å². The quantitative estimate of drug-likeness (QED) is 0.496. The van der Waals surface area contributed by atoms with Gasteiger partial charge in [-0.15, -0.1) is 11.8 Å². The molecule has 1 N–H and O–H groups in total. The van der Waals surface area contributed by atoms with Gasteiger partial charge < -0.3 is 5.32 Å². The number of carbonyl (C=O) groups excluding carboxylic acids is 1. The number of anilines is 1. The summed E-state index contributed by atoms with van der Waals surface area (Å²) in [5.74, 6) is 0.437. The number of carbonyl (C=O) groups is 1. The Morgan fingerprint density at radius 3 is 2.07 bits per heavy atom. The second kappa shape index (κ2) is 9.98. The summed E-state index contributed by atoms with van der Waals surface area (Å²) in [6.45, 7) is 6.27. The van der Waals surface area contributed by atoms with Crippen LogP contribution in [0.4, 0.5) is 5.69 Å². The molecule has 0 saturated carbocycles. The Morgan fingerprint density at radius 1 is 1.04 bits per heavy atom. The lowest BCUT2D eigenvalue weighted by Gasteiger charge is -2.30. The molecule has 0 radical (unpaired) electrons. The van der Waals surface area contributed by atoms with Crippen LogP contribution in [0, 0.1) is 13.8 Å². The van der Waals surface area contributed by atoms with E-state index in [1.54, 1.807) is 23.9 Å². The zero-order valence-corrected chi connectivity index (χ0v) is 18.4. The Morgan fingerprint density at radius 2 is 1.57 bits per heavy atom. The molecular formula is C21H28N2O3S2. The van der Waals surface area contributed by atoms with Gasteiger partial charge in [0.1, 0.15) is 6.04 Å². The Labute approximate surface area is 172 Å². The summed E-state index contributed by atoms with van der Waals surface area (Å²) in [6, 6.07) is 14.6. The van der Waals surface area contributed by atoms with Gasteiger partial charge in [-0.25, -0.2) is 8.42 Å². The van der Waals surface area contributed by atoms with E-state index in [1.807, 2.05) is 32.9 Å². The third-order valence-corrected chi connectivity index (χ3v) is 6.50. The maximum absolute atomic E-state index is 12.7. The smallest absolute Gasteiger partial charge is 0.243 e. The molecule has 1 atom stereocenters. The molecular weight excluding hydrogens is 392 g/mol. The van der Waals surface area contributed by atoms with Crippen molar-refractivity contribution in [2.75, 3.05) is 22.9 Å². The lowest BCUT2D eigenvalue weighted by molar-refractivity contribution is -0.122. The average Bonchev–Trinajstić information content (AvgIpc) is 2.64. The van der Waals surface area contributed by atoms with Gasteiger partial charge in [-0.1, -0.05) is 42.3 Å². The number of thioether (sulfide) groups is 1. The van der Waals surface area contributed by atoms with Crippen molar-refractivity contribution in [3.63, 3.8) is 0 Å². The number of aryl methyl sites for hydroxylation is 2. The number of nitrogens with zero attached hydrogens (tertiary/aromatic N) is 1. The van der Waals surface area contributed by atoms with E-state index in [0.717, 1.165) is 16.7 Å². The van der Waals surface area contributed by atoms with E-state index in [2.05, 4.69) is 29.6 Å². The average molecular weight is 421 g/mol. The van der Waals surface area contributed by atoms with Crippen molar-refractivity contribution in [2.45, 2.75) is 38.1 Å². The minimum absolute atomic E-state index is 0.280. The molecule has 0 saturated heterocycles. The van der Waals surface area contributed by atoms with E-state index >= 15 is 0 Å². The molecule has 0 aromatic heterocycles. The molecule has 7 heteroatoms. The Balaban J connectivity index is 2.02. The number of nitrogens with one attached hydrogen (secondary N) is 1. The predicted octanol–water partition coefficient (Wildman–Crippen LogP) is 3.76. The van der Waals surface area contributed by atoms with Crippen LogP contribution in [0.3, 0.4) is 0 Å². The lowest BCUT2D eigenvalue weighted by atomic mass is 10.1. The lowest BCUT2D eigenvalue weighted by Crippen LogP contribution is -2.49. The van der Waals surface area contributed by atoms with Crippen LogP contribution in [-0.2, 0) is 14.8 Å². The maximum atomic E-state index is 12.7. The Kier molecular flexibility index (Phi) is 7.95. The van der Waals surface area contributed by atoms with Gasteiger partial charge in [-0.05, 0) is 44.5 Å². The molecule has 1 amide bonds. The number of benzene rings is 2. The highest BCUT2D eigenvalue weighted by Gasteiger charge is 2.31. The number of rotatable bonds is 9. The summed E-state index contributed by atoms with van der Waals surface area (Å²) in [6.07, 6.45) is 1.52. The second-order valence-electron chi connectivity index (χ2n) is 6.77. The molecule has 0 bridgehead atoms. The monoisotopic (exact) mass is 420 g/mol. The number of sulfonamides is 1. The van der Waals surface area contributed by atoms with Crippen LogP contribution < -0.4 is 9.62 Å². The molecule has 28 heavy (non-hydrogen) atoms. The summed E-state index contributed by atoms with van der Waals surface area (Å²) < 4.78 is 26.0. The van der Waals surface area contributed by atoms with Crippen molar-refractivity contribution in [2.24, 2.45) is 0 Å². The summed E-state index contributed by atoms with van der Waals surface area (Å²) >= 11 is 1.66. The van der Waals surface area contributed by atoms with Crippen LogP contribution in [0.15, 0.2) is 53.4 Å². The fourth-order valence-corrected chi connectivity index (χ4v) is 4.83. The molecule has 0 aliphatic heterocycles. The van der Waals surface area contributed by atoms with Crippen LogP contribution in [0.25, 0.3) is 0 Å². The molecule has 2 aromatic rings. The van der Waals surface area contributed by atoms with Gasteiger partial charge in [0.2, 0.25) is 15.9 Å². The summed E-state index contributed by atoms with van der Waals surface area (Å²) in [4.78, 5) is 13.9. The summed E-state index contributed by atoms with van der Waals surface area (Å²) in [5.41, 5.74) is 2.74. The summed E-state index contributed by atoms with van der Waals surface area (Å²) in [7, 11) is -3.60. The first-order chi connectivity index (χ1) is 13.2. The Bertz CT molecular complexity index is 879. The standard InChI is InChI=1S/C21H28N2O3S2/c1-5-20(23(28(4,25)26)18-10-6-16(2)7-11-18)21(24)22-14-15-27-19-12-8-17(3)9-13-19/h6-13,20H,5,14-15H2,1-4H3,(H,22,24). The van der Waals surface area contributed by atoms with Crippen LogP contribution in [0.2, 0.25) is 0 Å². The zero-order valence-electron chi connectivity index (χ0n) is 16.8. The second-order valence-corrected chi connectivity index (χ2v) is 9.80. The molecule has 0 aliphatic carbocycles. The van der Waals surface area contributed by atoms with Crippen LogP contribution in [0.1, 0.15) is 24.5 Å². The SMILES string of the molecule is CCC(C(=O)NCCSc1ccc(C)cc1)N(c1ccc(C)cc1)S(C)(=O)=O. The largest absolute Gasteiger partial charge is 0.353 e. The minimum Gasteiger partial charge on any atom is -0.353 e. The normalized spacial score (nSPS) is 12.4. The van der Waals surface area contributed by atoms with Crippen molar-refractivity contribution in [3.05, 3.63) is 59.7 Å². The number of hydrogen-bond acceptors (Lipinski definition) is 4. The zero-order chi connectivity index (χ0) is 20.7. The first-order valence-electron chi connectivity index (χ1n) is 9.25. The molecule has 0 aliphatic rings. The fourth-order valence-electron chi connectivity index (χ4n) is 2.85. The molecule has 5 nitrogen and oxygen atoms in total. The first kappa shape index (κ1) is 22.3. The van der Waals surface area contributed by atoms with E-state index in [9.17, 15) is 13.2 Å². The van der Waals surface area contributed by atoms with Gasteiger partial charge in [0.15, 0.2) is 0 Å². The number of hydrogen-bond donors (Lipinski definition) is 1. The highest BCUT2D eigenvalue weighted by atomic mass is 32.2. The predicted molar refractivity (Wildman–Crippen MR) is 117 cm³/mol. The molecule has 2 rings (SSSR count). The first-order valence-corrected chi connectivity index (χ1v) is 12.1. The van der Waals surface area contributed by atoms with Gasteiger partial charge in [-0.2, -0.15) is 0 Å². The molecule has 0 heterocycles. The van der Waals surface area contributed by atoms with Crippen LogP contribution >= 0.6 is 11.8 Å². The highest BCUT2D eigenvalue weighted by Crippen LogP contribution is 2.23. The summed E-state index contributed by atoms with van der Waals surface area (Å²) in [5, 5.41) is 2.88. The third kappa shape index (κ3) is 6.27. The van der Waals surface area contributed by atoms with E-state index < -0.39 is 16.1 Å². The fraction of sp³-hybridized carbons (Fsp3) is 0.381. The minimum atomic E-state index is -3.60. The van der Waals surface area contributed by atoms with Crippen LogP contribution in [-0.4, -0.2) is 38.9 Å². The van der Waals surface area contributed by atoms with Crippen LogP contribution in [0.5, 0.6) is 0 Å². The molecule has 152 valence electrons. The van der Waals surface area contributed by atoms with Crippen molar-refractivity contribution in [1.82, 2.24) is 5.32 Å². The van der Waals surface area contributed by atoms with Crippen molar-refractivity contribution < 1.29 is 13.2 Å². The van der Waals surface area contributed by atoms with Gasteiger partial charge in [0, 0.05) is 17.2 Å². The van der Waals surface area contributed by atoms with Crippen molar-refractivity contribution in [1.29, 1.82) is 0 Å². The van der Waals surface area contributed by atoms with E-state index in [0.29, 0.717) is 24.4 Å². The third-order valence-electron chi connectivity index (χ3n) is 4.31. The van der Waals surface area contributed by atoms with Gasteiger partial charge >= 0.3 is 0 Å². The van der Waals surface area contributed by atoms with Crippen molar-refractivity contribution >= 4 is 33.4 Å². The van der Waals surface area contributed by atoms with Gasteiger partial charge in [0.05, 0.1) is 11.9 Å². The van der Waals surface area contributed by atoms with Gasteiger partial charge in [0.25, 0.3) is 0 Å². The van der Waals surface area contributed by atoms with E-state index in [-0.39, 0.29) is 5.91 Å². The molecule has 0 fully saturated rings. The molecule has 1 unspecified atom stereocenters. The van der Waals surface area contributed by atoms with E-state index in [1.165, 1.54) is 9.87 Å². The van der Waals surface area contributed by atoms with E-state index in [4.69, 9.17) is 0 Å². The Hall–Kier alpha value is -1.99. The number of amides is 1. The maximum Gasteiger partial charge on any atom is 0.243 e. The molecule has 2 aromatic carbocycles. The van der Waals surface area contributed by atoms with Crippen molar-refractivity contribution in [3.8, 4) is 0 Å². The van der Waals surface area contributed by atoms with Gasteiger partial charge in [-0.3, -0.25) is 9.10 Å².